The number of fused-ring (bicyclic) bond motifs is 1. The fourth-order valence-electron chi connectivity index (χ4n) is 1.92. The van der Waals surface area contributed by atoms with Gasteiger partial charge in [-0.25, -0.2) is 0 Å². The topological polar surface area (TPSA) is 12.0 Å². The molecule has 0 radical (unpaired) electrons. The molecule has 0 saturated carbocycles. The van der Waals surface area contributed by atoms with Gasteiger partial charge >= 0.3 is 0 Å². The molecule has 1 aliphatic rings. The monoisotopic (exact) mass is 217 g/mol. The number of nitrogens with one attached hydrogen (secondary N) is 1. The predicted octanol–water partition coefficient (Wildman–Crippen LogP) is 2.56. The van der Waals surface area contributed by atoms with Crippen molar-refractivity contribution in [2.24, 2.45) is 0 Å². The van der Waals surface area contributed by atoms with Gasteiger partial charge in [0.2, 0.25) is 0 Å². The minimum absolute atomic E-state index is 0. The highest BCUT2D eigenvalue weighted by atomic mass is 35.5. The van der Waals surface area contributed by atoms with E-state index in [0.717, 1.165) is 0 Å². The third-order valence-electron chi connectivity index (χ3n) is 2.61. The molecular weight excluding hydrogens is 202 g/mol. The molecule has 0 aromatic carbocycles. The molecule has 0 aliphatic heterocycles. The van der Waals surface area contributed by atoms with Crippen LogP contribution in [0.15, 0.2) is 6.07 Å². The molecule has 0 bridgehead atoms. The van der Waals surface area contributed by atoms with Crippen molar-refractivity contribution in [3.8, 4) is 0 Å². The Morgan fingerprint density at radius 2 is 2.31 bits per heavy atom. The van der Waals surface area contributed by atoms with Gasteiger partial charge in [0.1, 0.15) is 0 Å². The highest BCUT2D eigenvalue weighted by Gasteiger charge is 2.18. The third kappa shape index (κ3) is 2.25. The fraction of sp³-hybridized carbons (Fsp3) is 0.600. The molecule has 1 nitrogen and oxygen atoms in total. The Morgan fingerprint density at radius 1 is 1.54 bits per heavy atom. The second-order valence-electron chi connectivity index (χ2n) is 3.53. The van der Waals surface area contributed by atoms with Crippen LogP contribution in [0.5, 0.6) is 0 Å². The lowest BCUT2D eigenvalue weighted by Crippen LogP contribution is -2.30. The van der Waals surface area contributed by atoms with E-state index in [9.17, 15) is 0 Å². The molecule has 0 spiro atoms. The summed E-state index contributed by atoms with van der Waals surface area (Å²) in [6.45, 7) is 2.21. The molecule has 1 aliphatic carbocycles. The zero-order valence-electron chi connectivity index (χ0n) is 8.09. The summed E-state index contributed by atoms with van der Waals surface area (Å²) in [4.78, 5) is 3.09. The summed E-state index contributed by atoms with van der Waals surface area (Å²) < 4.78 is 0. The molecular formula is C10H16ClNS. The average molecular weight is 218 g/mol. The summed E-state index contributed by atoms with van der Waals surface area (Å²) in [6.07, 6.45) is 3.82. The van der Waals surface area contributed by atoms with E-state index in [2.05, 4.69) is 25.4 Å². The van der Waals surface area contributed by atoms with Gasteiger partial charge in [-0.2, -0.15) is 0 Å². The van der Waals surface area contributed by atoms with Crippen LogP contribution in [0.1, 0.15) is 21.7 Å². The highest BCUT2D eigenvalue weighted by molar-refractivity contribution is 7.12. The lowest BCUT2D eigenvalue weighted by atomic mass is 9.94. The van der Waals surface area contributed by atoms with Gasteiger partial charge in [-0.1, -0.05) is 0 Å². The summed E-state index contributed by atoms with van der Waals surface area (Å²) in [7, 11) is 2.06. The van der Waals surface area contributed by atoms with Crippen molar-refractivity contribution < 1.29 is 0 Å². The molecule has 13 heavy (non-hydrogen) atoms. The molecule has 1 heterocycles. The van der Waals surface area contributed by atoms with Crippen LogP contribution in [0.2, 0.25) is 0 Å². The largest absolute Gasteiger partial charge is 0.317 e. The van der Waals surface area contributed by atoms with E-state index in [1.807, 2.05) is 11.3 Å². The van der Waals surface area contributed by atoms with Crippen LogP contribution in [-0.2, 0) is 12.8 Å². The summed E-state index contributed by atoms with van der Waals surface area (Å²) in [5, 5.41) is 3.36. The van der Waals surface area contributed by atoms with E-state index in [1.165, 1.54) is 24.1 Å². The standard InChI is InChI=1S/C10H15NS.ClH/c1-7-5-8-6-9(11-2)3-4-10(8)12-7;/h5,9,11H,3-4,6H2,1-2H3;1H. The van der Waals surface area contributed by atoms with Gasteiger partial charge in [-0.3, -0.25) is 0 Å². The van der Waals surface area contributed by atoms with E-state index in [-0.39, 0.29) is 12.4 Å². The first kappa shape index (κ1) is 11.0. The highest BCUT2D eigenvalue weighted by Crippen LogP contribution is 2.28. The van der Waals surface area contributed by atoms with Crippen LogP contribution in [0.3, 0.4) is 0 Å². The fourth-order valence-corrected chi connectivity index (χ4v) is 3.00. The predicted molar refractivity (Wildman–Crippen MR) is 61.2 cm³/mol. The summed E-state index contributed by atoms with van der Waals surface area (Å²) in [6, 6.07) is 3.07. The number of hydrogen-bond donors (Lipinski definition) is 1. The Morgan fingerprint density at radius 3 is 3.00 bits per heavy atom. The van der Waals surface area contributed by atoms with Gasteiger partial charge in [0.15, 0.2) is 0 Å². The zero-order valence-corrected chi connectivity index (χ0v) is 9.73. The minimum Gasteiger partial charge on any atom is -0.317 e. The van der Waals surface area contributed by atoms with Crippen molar-refractivity contribution in [3.63, 3.8) is 0 Å². The van der Waals surface area contributed by atoms with Crippen LogP contribution in [0, 0.1) is 6.92 Å². The van der Waals surface area contributed by atoms with Crippen LogP contribution >= 0.6 is 23.7 Å². The Labute approximate surface area is 90.0 Å². The molecule has 1 unspecified atom stereocenters. The number of likely N-dealkylation sites (N-methyl/N-ethyl adjacent to an activating group) is 1. The van der Waals surface area contributed by atoms with Gasteiger partial charge in [0.25, 0.3) is 0 Å². The van der Waals surface area contributed by atoms with Crippen molar-refractivity contribution in [1.82, 2.24) is 5.32 Å². The SMILES string of the molecule is CNC1CCc2sc(C)cc2C1.Cl. The summed E-state index contributed by atoms with van der Waals surface area (Å²) in [5.41, 5.74) is 1.59. The average Bonchev–Trinajstić information content (AvgIpc) is 2.43. The second-order valence-corrected chi connectivity index (χ2v) is 4.87. The number of aryl methyl sites for hydroxylation is 2. The Balaban J connectivity index is 0.000000845. The number of halogens is 1. The summed E-state index contributed by atoms with van der Waals surface area (Å²) in [5.74, 6) is 0. The lowest BCUT2D eigenvalue weighted by molar-refractivity contribution is 0.500. The van der Waals surface area contributed by atoms with Crippen molar-refractivity contribution in [2.45, 2.75) is 32.2 Å². The second kappa shape index (κ2) is 4.45. The normalized spacial score (nSPS) is 20.6. The van der Waals surface area contributed by atoms with E-state index >= 15 is 0 Å². The van der Waals surface area contributed by atoms with E-state index < -0.39 is 0 Å². The molecule has 0 saturated heterocycles. The molecule has 2 rings (SSSR count). The number of hydrogen-bond acceptors (Lipinski definition) is 2. The van der Waals surface area contributed by atoms with E-state index in [1.54, 1.807) is 10.4 Å². The number of rotatable bonds is 1. The van der Waals surface area contributed by atoms with Gasteiger partial charge < -0.3 is 5.32 Å². The first-order valence-electron chi connectivity index (χ1n) is 4.55. The quantitative estimate of drug-likeness (QED) is 0.763. The maximum atomic E-state index is 3.36. The lowest BCUT2D eigenvalue weighted by Gasteiger charge is -2.21. The Kier molecular flexibility index (Phi) is 3.77. The van der Waals surface area contributed by atoms with Crippen molar-refractivity contribution in [3.05, 3.63) is 21.4 Å². The summed E-state index contributed by atoms with van der Waals surface area (Å²) >= 11 is 1.97. The smallest absolute Gasteiger partial charge is 0.0108 e. The number of thiophene rings is 1. The first-order chi connectivity index (χ1) is 5.79. The van der Waals surface area contributed by atoms with Gasteiger partial charge in [-0.15, -0.1) is 23.7 Å². The van der Waals surface area contributed by atoms with Gasteiger partial charge in [0.05, 0.1) is 0 Å². The van der Waals surface area contributed by atoms with Crippen molar-refractivity contribution in [1.29, 1.82) is 0 Å². The molecule has 1 aromatic heterocycles. The van der Waals surface area contributed by atoms with Crippen LogP contribution in [-0.4, -0.2) is 13.1 Å². The molecule has 1 aromatic rings. The van der Waals surface area contributed by atoms with Crippen molar-refractivity contribution >= 4 is 23.7 Å². The van der Waals surface area contributed by atoms with Crippen LogP contribution in [0.4, 0.5) is 0 Å². The molecule has 1 N–H and O–H groups in total. The van der Waals surface area contributed by atoms with E-state index in [0.29, 0.717) is 6.04 Å². The molecule has 1 atom stereocenters. The van der Waals surface area contributed by atoms with Crippen LogP contribution < -0.4 is 5.32 Å². The Hall–Kier alpha value is -0.0500. The molecule has 74 valence electrons. The van der Waals surface area contributed by atoms with Gasteiger partial charge in [0, 0.05) is 15.8 Å². The maximum absolute atomic E-state index is 3.36. The minimum atomic E-state index is 0. The molecule has 0 amide bonds. The zero-order chi connectivity index (χ0) is 8.55. The van der Waals surface area contributed by atoms with Crippen LogP contribution in [0.25, 0.3) is 0 Å². The third-order valence-corrected chi connectivity index (χ3v) is 3.77. The Bertz CT molecular complexity index is 282. The maximum Gasteiger partial charge on any atom is 0.0108 e. The molecule has 0 fully saturated rings. The van der Waals surface area contributed by atoms with Crippen molar-refractivity contribution in [2.75, 3.05) is 7.05 Å². The molecule has 3 heteroatoms. The van der Waals surface area contributed by atoms with E-state index in [4.69, 9.17) is 0 Å². The van der Waals surface area contributed by atoms with Gasteiger partial charge in [-0.05, 0) is 44.9 Å². The first-order valence-corrected chi connectivity index (χ1v) is 5.36.